The monoisotopic (exact) mass is 140 g/mol. The minimum absolute atomic E-state index is 0.568. The third-order valence-electron chi connectivity index (χ3n) is 3.10. The molecule has 0 radical (unpaired) electrons. The molecule has 2 heteroatoms. The smallest absolute Gasteiger partial charge is 0.00206 e. The molecule has 2 atom stereocenters. The van der Waals surface area contributed by atoms with E-state index in [1.807, 2.05) is 0 Å². The van der Waals surface area contributed by atoms with Crippen LogP contribution in [0.4, 0.5) is 0 Å². The average Bonchev–Trinajstić information content (AvgIpc) is 2.29. The first-order chi connectivity index (χ1) is 4.81. The zero-order valence-electron chi connectivity index (χ0n) is 6.61. The van der Waals surface area contributed by atoms with Crippen LogP contribution in [0.5, 0.6) is 0 Å². The Morgan fingerprint density at radius 2 is 2.10 bits per heavy atom. The van der Waals surface area contributed by atoms with Crippen molar-refractivity contribution in [2.24, 2.45) is 11.3 Å². The zero-order valence-corrected chi connectivity index (χ0v) is 6.61. The summed E-state index contributed by atoms with van der Waals surface area (Å²) < 4.78 is 0. The summed E-state index contributed by atoms with van der Waals surface area (Å²) in [5.74, 6) is 0.939. The van der Waals surface area contributed by atoms with Crippen LogP contribution in [0.2, 0.25) is 0 Å². The van der Waals surface area contributed by atoms with Gasteiger partial charge in [0.05, 0.1) is 0 Å². The van der Waals surface area contributed by atoms with Gasteiger partial charge >= 0.3 is 0 Å². The SMILES string of the molecule is C[C@]12CNCC[C@H]1CNC2. The summed E-state index contributed by atoms with van der Waals surface area (Å²) in [5, 5.41) is 6.92. The van der Waals surface area contributed by atoms with Gasteiger partial charge < -0.3 is 10.6 Å². The molecule has 2 saturated heterocycles. The fourth-order valence-electron chi connectivity index (χ4n) is 2.23. The Morgan fingerprint density at radius 1 is 1.30 bits per heavy atom. The molecule has 2 fully saturated rings. The summed E-state index contributed by atoms with van der Waals surface area (Å²) in [6.07, 6.45) is 1.36. The summed E-state index contributed by atoms with van der Waals surface area (Å²) >= 11 is 0. The van der Waals surface area contributed by atoms with Gasteiger partial charge in [0.2, 0.25) is 0 Å². The van der Waals surface area contributed by atoms with E-state index in [9.17, 15) is 0 Å². The van der Waals surface area contributed by atoms with E-state index < -0.39 is 0 Å². The highest BCUT2D eigenvalue weighted by molar-refractivity contribution is 4.95. The highest BCUT2D eigenvalue weighted by Gasteiger charge is 2.39. The van der Waals surface area contributed by atoms with Crippen LogP contribution in [0, 0.1) is 11.3 Å². The molecule has 2 nitrogen and oxygen atoms in total. The van der Waals surface area contributed by atoms with Gasteiger partial charge in [0.1, 0.15) is 0 Å². The molecule has 2 heterocycles. The fraction of sp³-hybridized carbons (Fsp3) is 1.00. The van der Waals surface area contributed by atoms with Crippen molar-refractivity contribution in [3.63, 3.8) is 0 Å². The van der Waals surface area contributed by atoms with Gasteiger partial charge in [-0.05, 0) is 30.8 Å². The second-order valence-electron chi connectivity index (χ2n) is 3.95. The van der Waals surface area contributed by atoms with E-state index in [1.54, 1.807) is 0 Å². The van der Waals surface area contributed by atoms with E-state index >= 15 is 0 Å². The minimum atomic E-state index is 0.568. The normalized spacial score (nSPS) is 47.1. The van der Waals surface area contributed by atoms with Crippen molar-refractivity contribution in [1.29, 1.82) is 0 Å². The van der Waals surface area contributed by atoms with Gasteiger partial charge in [-0.2, -0.15) is 0 Å². The lowest BCUT2D eigenvalue weighted by Gasteiger charge is -2.35. The van der Waals surface area contributed by atoms with Crippen molar-refractivity contribution in [2.45, 2.75) is 13.3 Å². The second-order valence-corrected chi connectivity index (χ2v) is 3.95. The molecule has 10 heavy (non-hydrogen) atoms. The molecule has 2 aliphatic heterocycles. The first-order valence-corrected chi connectivity index (χ1v) is 4.23. The topological polar surface area (TPSA) is 24.1 Å². The lowest BCUT2D eigenvalue weighted by atomic mass is 9.76. The van der Waals surface area contributed by atoms with Crippen LogP contribution in [0.15, 0.2) is 0 Å². The summed E-state index contributed by atoms with van der Waals surface area (Å²) in [7, 11) is 0. The van der Waals surface area contributed by atoms with Gasteiger partial charge in [-0.3, -0.25) is 0 Å². The Morgan fingerprint density at radius 3 is 2.90 bits per heavy atom. The summed E-state index contributed by atoms with van der Waals surface area (Å²) in [4.78, 5) is 0. The molecular weight excluding hydrogens is 124 g/mol. The highest BCUT2D eigenvalue weighted by Crippen LogP contribution is 2.34. The predicted molar refractivity (Wildman–Crippen MR) is 42.0 cm³/mol. The standard InChI is InChI=1S/C8H16N2/c1-8-5-9-3-2-7(8)4-10-6-8/h7,9-10H,2-6H2,1H3/t7-,8+/m0/s1. The Kier molecular flexibility index (Phi) is 1.46. The molecule has 0 unspecified atom stereocenters. The molecule has 2 N–H and O–H groups in total. The molecule has 0 aliphatic carbocycles. The van der Waals surface area contributed by atoms with Crippen LogP contribution >= 0.6 is 0 Å². The fourth-order valence-corrected chi connectivity index (χ4v) is 2.23. The van der Waals surface area contributed by atoms with Crippen molar-refractivity contribution >= 4 is 0 Å². The molecule has 2 rings (SSSR count). The quantitative estimate of drug-likeness (QED) is 0.502. The first kappa shape index (κ1) is 6.62. The van der Waals surface area contributed by atoms with Crippen LogP contribution in [-0.2, 0) is 0 Å². The zero-order chi connectivity index (χ0) is 7.03. The molecule has 58 valence electrons. The number of nitrogens with one attached hydrogen (secondary N) is 2. The Bertz CT molecular complexity index is 135. The molecule has 0 amide bonds. The van der Waals surface area contributed by atoms with Gasteiger partial charge in [0.25, 0.3) is 0 Å². The maximum absolute atomic E-state index is 3.46. The summed E-state index contributed by atoms with van der Waals surface area (Å²) in [6, 6.07) is 0. The lowest BCUT2D eigenvalue weighted by molar-refractivity contribution is 0.193. The van der Waals surface area contributed by atoms with Crippen LogP contribution in [0.3, 0.4) is 0 Å². The van der Waals surface area contributed by atoms with Crippen molar-refractivity contribution in [1.82, 2.24) is 10.6 Å². The maximum atomic E-state index is 3.46. The largest absolute Gasteiger partial charge is 0.316 e. The van der Waals surface area contributed by atoms with Crippen LogP contribution < -0.4 is 10.6 Å². The summed E-state index contributed by atoms with van der Waals surface area (Å²) in [6.45, 7) is 7.29. The molecule has 2 aliphatic rings. The first-order valence-electron chi connectivity index (χ1n) is 4.23. The van der Waals surface area contributed by atoms with Crippen LogP contribution in [-0.4, -0.2) is 26.2 Å². The Labute approximate surface area is 62.4 Å². The number of fused-ring (bicyclic) bond motifs is 1. The van der Waals surface area contributed by atoms with E-state index in [2.05, 4.69) is 17.6 Å². The molecule has 0 aromatic rings. The third kappa shape index (κ3) is 0.867. The van der Waals surface area contributed by atoms with E-state index in [4.69, 9.17) is 0 Å². The highest BCUT2D eigenvalue weighted by atomic mass is 15.0. The summed E-state index contributed by atoms with van der Waals surface area (Å²) in [5.41, 5.74) is 0.568. The molecular formula is C8H16N2. The van der Waals surface area contributed by atoms with E-state index in [0.29, 0.717) is 5.41 Å². The van der Waals surface area contributed by atoms with Gasteiger partial charge in [-0.1, -0.05) is 6.92 Å². The van der Waals surface area contributed by atoms with Gasteiger partial charge in [-0.25, -0.2) is 0 Å². The Hall–Kier alpha value is -0.0800. The molecule has 0 saturated carbocycles. The maximum Gasteiger partial charge on any atom is 0.00206 e. The molecule has 0 spiro atoms. The van der Waals surface area contributed by atoms with Crippen LogP contribution in [0.1, 0.15) is 13.3 Å². The average molecular weight is 140 g/mol. The van der Waals surface area contributed by atoms with Gasteiger partial charge in [-0.15, -0.1) is 0 Å². The van der Waals surface area contributed by atoms with E-state index in [-0.39, 0.29) is 0 Å². The van der Waals surface area contributed by atoms with Crippen molar-refractivity contribution < 1.29 is 0 Å². The predicted octanol–water partition coefficient (Wildman–Crippen LogP) is 0.205. The number of rotatable bonds is 0. The molecule has 0 bridgehead atoms. The van der Waals surface area contributed by atoms with Crippen LogP contribution in [0.25, 0.3) is 0 Å². The second kappa shape index (κ2) is 2.21. The van der Waals surface area contributed by atoms with Gasteiger partial charge in [0.15, 0.2) is 0 Å². The number of hydrogen-bond acceptors (Lipinski definition) is 2. The molecule has 0 aromatic carbocycles. The minimum Gasteiger partial charge on any atom is -0.316 e. The molecule has 0 aromatic heterocycles. The van der Waals surface area contributed by atoms with Gasteiger partial charge in [0, 0.05) is 13.1 Å². The van der Waals surface area contributed by atoms with E-state index in [1.165, 1.54) is 32.6 Å². The van der Waals surface area contributed by atoms with Crippen molar-refractivity contribution in [2.75, 3.05) is 26.2 Å². The Balaban J connectivity index is 2.10. The number of piperidine rings is 1. The van der Waals surface area contributed by atoms with Crippen molar-refractivity contribution in [3.8, 4) is 0 Å². The number of hydrogen-bond donors (Lipinski definition) is 2. The van der Waals surface area contributed by atoms with E-state index in [0.717, 1.165) is 5.92 Å². The van der Waals surface area contributed by atoms with Crippen molar-refractivity contribution in [3.05, 3.63) is 0 Å². The third-order valence-corrected chi connectivity index (χ3v) is 3.10. The lowest BCUT2D eigenvalue weighted by Crippen LogP contribution is -2.44.